The number of ether oxygens (including phenoxy) is 1. The highest BCUT2D eigenvalue weighted by molar-refractivity contribution is 5.68. The van der Waals surface area contributed by atoms with Crippen molar-refractivity contribution in [3.8, 4) is 0 Å². The van der Waals surface area contributed by atoms with Crippen LogP contribution in [0.5, 0.6) is 0 Å². The first-order valence-corrected chi connectivity index (χ1v) is 6.63. The summed E-state index contributed by atoms with van der Waals surface area (Å²) in [5.74, 6) is 0. The van der Waals surface area contributed by atoms with Crippen molar-refractivity contribution in [1.82, 2.24) is 10.6 Å². The summed E-state index contributed by atoms with van der Waals surface area (Å²) in [7, 11) is 0. The van der Waals surface area contributed by atoms with Crippen LogP contribution in [0, 0.1) is 0 Å². The van der Waals surface area contributed by atoms with Gasteiger partial charge in [0, 0.05) is 11.6 Å². The molecule has 2 fully saturated rings. The molecule has 1 heterocycles. The molecule has 0 radical (unpaired) electrons. The van der Waals surface area contributed by atoms with Crippen molar-refractivity contribution in [3.63, 3.8) is 0 Å². The molecule has 17 heavy (non-hydrogen) atoms. The van der Waals surface area contributed by atoms with Gasteiger partial charge >= 0.3 is 6.09 Å². The van der Waals surface area contributed by atoms with Gasteiger partial charge in [-0.1, -0.05) is 0 Å². The lowest BCUT2D eigenvalue weighted by Crippen LogP contribution is -2.59. The lowest BCUT2D eigenvalue weighted by atomic mass is 9.70. The zero-order valence-electron chi connectivity index (χ0n) is 11.1. The van der Waals surface area contributed by atoms with Crippen molar-refractivity contribution < 1.29 is 9.53 Å². The molecule has 1 aliphatic heterocycles. The molecule has 4 heteroatoms. The number of nitrogens with one attached hydrogen (secondary N) is 2. The van der Waals surface area contributed by atoms with Crippen LogP contribution < -0.4 is 10.6 Å². The minimum atomic E-state index is -0.412. The van der Waals surface area contributed by atoms with Crippen LogP contribution in [0.25, 0.3) is 0 Å². The third-order valence-electron chi connectivity index (χ3n) is 3.66. The molecule has 2 rings (SSSR count). The van der Waals surface area contributed by atoms with Gasteiger partial charge in [-0.2, -0.15) is 0 Å². The Labute approximate surface area is 103 Å². The molecule has 2 aliphatic rings. The van der Waals surface area contributed by atoms with E-state index in [0.717, 1.165) is 19.4 Å². The minimum absolute atomic E-state index is 0.270. The zero-order valence-corrected chi connectivity index (χ0v) is 11.1. The zero-order chi connectivity index (χ0) is 12.5. The molecule has 0 bridgehead atoms. The van der Waals surface area contributed by atoms with Crippen LogP contribution in [-0.2, 0) is 4.74 Å². The summed E-state index contributed by atoms with van der Waals surface area (Å²) in [4.78, 5) is 11.7. The van der Waals surface area contributed by atoms with E-state index in [4.69, 9.17) is 4.74 Å². The van der Waals surface area contributed by atoms with Crippen LogP contribution in [0.2, 0.25) is 0 Å². The predicted octanol–water partition coefficient (Wildman–Crippen LogP) is 2.19. The van der Waals surface area contributed by atoms with Gasteiger partial charge in [0.15, 0.2) is 0 Å². The number of carbonyl (C=O) groups is 1. The number of hydrogen-bond acceptors (Lipinski definition) is 3. The standard InChI is InChI=1S/C13H24N2O2/c1-12(2,3)17-11(16)15-10-5-8-14-13(9-10)6-4-7-13/h10,14H,4-9H2,1-3H3,(H,15,16). The molecule has 1 aliphatic carbocycles. The molecule has 1 unspecified atom stereocenters. The number of piperidine rings is 1. The van der Waals surface area contributed by atoms with E-state index in [-0.39, 0.29) is 12.1 Å². The quantitative estimate of drug-likeness (QED) is 0.738. The monoisotopic (exact) mass is 240 g/mol. The Hall–Kier alpha value is -0.770. The molecule has 4 nitrogen and oxygen atoms in total. The maximum atomic E-state index is 11.7. The van der Waals surface area contributed by atoms with E-state index in [0.29, 0.717) is 5.54 Å². The Morgan fingerprint density at radius 2 is 2.12 bits per heavy atom. The fourth-order valence-electron chi connectivity index (χ4n) is 2.74. The van der Waals surface area contributed by atoms with E-state index >= 15 is 0 Å². The van der Waals surface area contributed by atoms with Crippen LogP contribution in [0.4, 0.5) is 4.79 Å². The number of carbonyl (C=O) groups excluding carboxylic acids is 1. The van der Waals surface area contributed by atoms with Gasteiger partial charge < -0.3 is 15.4 Å². The molecule has 1 spiro atoms. The molecule has 1 amide bonds. The van der Waals surface area contributed by atoms with Gasteiger partial charge in [0.1, 0.15) is 5.60 Å². The SMILES string of the molecule is CC(C)(C)OC(=O)NC1CCNC2(CCC2)C1. The number of rotatable bonds is 1. The van der Waals surface area contributed by atoms with Crippen LogP contribution in [0.15, 0.2) is 0 Å². The Kier molecular flexibility index (Phi) is 3.34. The summed E-state index contributed by atoms with van der Waals surface area (Å²) < 4.78 is 5.29. The molecule has 0 aromatic heterocycles. The van der Waals surface area contributed by atoms with E-state index in [1.54, 1.807) is 0 Å². The van der Waals surface area contributed by atoms with Crippen molar-refractivity contribution in [2.24, 2.45) is 0 Å². The summed E-state index contributed by atoms with van der Waals surface area (Å²) in [6.07, 6.45) is 5.58. The maximum absolute atomic E-state index is 11.7. The van der Waals surface area contributed by atoms with E-state index in [1.165, 1.54) is 19.3 Å². The Balaban J connectivity index is 1.80. The third-order valence-corrected chi connectivity index (χ3v) is 3.66. The van der Waals surface area contributed by atoms with Crippen molar-refractivity contribution in [2.75, 3.05) is 6.54 Å². The van der Waals surface area contributed by atoms with Crippen molar-refractivity contribution in [3.05, 3.63) is 0 Å². The smallest absolute Gasteiger partial charge is 0.407 e. The van der Waals surface area contributed by atoms with Crippen LogP contribution in [-0.4, -0.2) is 29.8 Å². The Bertz CT molecular complexity index is 292. The molecule has 1 saturated heterocycles. The molecule has 0 aromatic carbocycles. The Morgan fingerprint density at radius 3 is 2.65 bits per heavy atom. The van der Waals surface area contributed by atoms with E-state index in [1.807, 2.05) is 20.8 Å². The molecule has 1 atom stereocenters. The fraction of sp³-hybridized carbons (Fsp3) is 0.923. The average molecular weight is 240 g/mol. The minimum Gasteiger partial charge on any atom is -0.444 e. The van der Waals surface area contributed by atoms with Crippen molar-refractivity contribution in [1.29, 1.82) is 0 Å². The summed E-state index contributed by atoms with van der Waals surface area (Å²) in [5, 5.41) is 6.59. The number of hydrogen-bond donors (Lipinski definition) is 2. The second-order valence-electron chi connectivity index (χ2n) is 6.40. The van der Waals surface area contributed by atoms with E-state index in [9.17, 15) is 4.79 Å². The Morgan fingerprint density at radius 1 is 1.41 bits per heavy atom. The number of amides is 1. The first-order valence-electron chi connectivity index (χ1n) is 6.63. The topological polar surface area (TPSA) is 50.4 Å². The van der Waals surface area contributed by atoms with Gasteiger partial charge in [-0.25, -0.2) is 4.79 Å². The molecule has 0 aromatic rings. The molecule has 2 N–H and O–H groups in total. The number of alkyl carbamates (subject to hydrolysis) is 1. The van der Waals surface area contributed by atoms with E-state index in [2.05, 4.69) is 10.6 Å². The van der Waals surface area contributed by atoms with Gasteiger partial charge in [-0.05, 0) is 59.4 Å². The summed E-state index contributed by atoms with van der Waals surface area (Å²) >= 11 is 0. The first kappa shape index (κ1) is 12.7. The summed E-state index contributed by atoms with van der Waals surface area (Å²) in [6.45, 7) is 6.67. The molecule has 1 saturated carbocycles. The molecular weight excluding hydrogens is 216 g/mol. The predicted molar refractivity (Wildman–Crippen MR) is 67.0 cm³/mol. The lowest BCUT2D eigenvalue weighted by molar-refractivity contribution is 0.0447. The lowest BCUT2D eigenvalue weighted by Gasteiger charge is -2.48. The van der Waals surface area contributed by atoms with Gasteiger partial charge in [0.2, 0.25) is 0 Å². The first-order chi connectivity index (χ1) is 7.89. The highest BCUT2D eigenvalue weighted by Crippen LogP contribution is 2.38. The molecular formula is C13H24N2O2. The summed E-state index contributed by atoms with van der Waals surface area (Å²) in [5.41, 5.74) is -0.0942. The van der Waals surface area contributed by atoms with Crippen LogP contribution in [0.1, 0.15) is 52.9 Å². The molecule has 98 valence electrons. The average Bonchev–Trinajstić information content (AvgIpc) is 2.12. The van der Waals surface area contributed by atoms with Gasteiger partial charge in [-0.15, -0.1) is 0 Å². The van der Waals surface area contributed by atoms with Crippen LogP contribution >= 0.6 is 0 Å². The third kappa shape index (κ3) is 3.35. The maximum Gasteiger partial charge on any atom is 0.407 e. The fourth-order valence-corrected chi connectivity index (χ4v) is 2.74. The van der Waals surface area contributed by atoms with Gasteiger partial charge in [-0.3, -0.25) is 0 Å². The second-order valence-corrected chi connectivity index (χ2v) is 6.40. The van der Waals surface area contributed by atoms with Crippen molar-refractivity contribution >= 4 is 6.09 Å². The largest absolute Gasteiger partial charge is 0.444 e. The van der Waals surface area contributed by atoms with E-state index < -0.39 is 5.60 Å². The highest BCUT2D eigenvalue weighted by atomic mass is 16.6. The highest BCUT2D eigenvalue weighted by Gasteiger charge is 2.41. The second kappa shape index (κ2) is 4.48. The summed E-state index contributed by atoms with van der Waals surface area (Å²) in [6, 6.07) is 0.270. The van der Waals surface area contributed by atoms with Crippen molar-refractivity contribution in [2.45, 2.75) is 70.1 Å². The van der Waals surface area contributed by atoms with Gasteiger partial charge in [0.25, 0.3) is 0 Å². The van der Waals surface area contributed by atoms with Crippen LogP contribution in [0.3, 0.4) is 0 Å². The van der Waals surface area contributed by atoms with Gasteiger partial charge in [0.05, 0.1) is 0 Å². The normalized spacial score (nSPS) is 27.4.